The van der Waals surface area contributed by atoms with Crippen LogP contribution in [0.2, 0.25) is 5.02 Å². The minimum Gasteiger partial charge on any atom is -0.369 e. The topological polar surface area (TPSA) is 61.7 Å². The van der Waals surface area contributed by atoms with E-state index >= 15 is 0 Å². The van der Waals surface area contributed by atoms with Crippen LogP contribution in [0.5, 0.6) is 0 Å². The normalized spacial score (nSPS) is 11.4. The molecule has 20 heavy (non-hydrogen) atoms. The molecule has 1 aromatic carbocycles. The Kier molecular flexibility index (Phi) is 2.94. The van der Waals surface area contributed by atoms with Gasteiger partial charge in [0.2, 0.25) is 5.95 Å². The van der Waals surface area contributed by atoms with Gasteiger partial charge < -0.3 is 5.73 Å². The summed E-state index contributed by atoms with van der Waals surface area (Å²) in [6, 6.07) is 5.78. The van der Waals surface area contributed by atoms with Gasteiger partial charge in [-0.05, 0) is 25.0 Å². The zero-order valence-corrected chi connectivity index (χ0v) is 12.4. The SMILES string of the molecule is CCc1nn(C)c2c1nc(N)n2-c1c(C)cccc1Cl. The molecule has 0 saturated heterocycles. The lowest BCUT2D eigenvalue weighted by molar-refractivity contribution is 0.751. The van der Waals surface area contributed by atoms with Crippen molar-refractivity contribution in [1.29, 1.82) is 0 Å². The number of imidazole rings is 1. The Labute approximate surface area is 122 Å². The first kappa shape index (κ1) is 13.0. The molecule has 0 saturated carbocycles. The lowest BCUT2D eigenvalue weighted by Crippen LogP contribution is -2.07. The first-order valence-corrected chi connectivity index (χ1v) is 6.87. The van der Waals surface area contributed by atoms with Crippen molar-refractivity contribution in [2.24, 2.45) is 7.05 Å². The molecule has 0 aliphatic rings. The van der Waals surface area contributed by atoms with Gasteiger partial charge in [0.15, 0.2) is 5.65 Å². The van der Waals surface area contributed by atoms with Gasteiger partial charge in [-0.1, -0.05) is 30.7 Å². The second-order valence-electron chi connectivity index (χ2n) is 4.81. The van der Waals surface area contributed by atoms with Crippen molar-refractivity contribution >= 4 is 28.7 Å². The summed E-state index contributed by atoms with van der Waals surface area (Å²) < 4.78 is 3.68. The number of nitrogen functional groups attached to an aromatic ring is 1. The van der Waals surface area contributed by atoms with Crippen molar-refractivity contribution in [3.63, 3.8) is 0 Å². The minimum absolute atomic E-state index is 0.430. The minimum atomic E-state index is 0.430. The zero-order valence-electron chi connectivity index (χ0n) is 11.7. The molecule has 104 valence electrons. The maximum Gasteiger partial charge on any atom is 0.207 e. The molecule has 0 amide bonds. The van der Waals surface area contributed by atoms with E-state index in [1.807, 2.05) is 36.7 Å². The van der Waals surface area contributed by atoms with Crippen molar-refractivity contribution in [2.45, 2.75) is 20.3 Å². The first-order valence-electron chi connectivity index (χ1n) is 6.49. The fourth-order valence-corrected chi connectivity index (χ4v) is 2.87. The number of benzene rings is 1. The lowest BCUT2D eigenvalue weighted by atomic mass is 10.2. The Morgan fingerprint density at radius 1 is 1.35 bits per heavy atom. The van der Waals surface area contributed by atoms with Crippen LogP contribution in [0, 0.1) is 6.92 Å². The maximum absolute atomic E-state index is 6.35. The van der Waals surface area contributed by atoms with Crippen LogP contribution >= 0.6 is 11.6 Å². The molecule has 0 atom stereocenters. The number of nitrogens with zero attached hydrogens (tertiary/aromatic N) is 4. The van der Waals surface area contributed by atoms with E-state index in [4.69, 9.17) is 17.3 Å². The van der Waals surface area contributed by atoms with Crippen molar-refractivity contribution in [1.82, 2.24) is 19.3 Å². The van der Waals surface area contributed by atoms with E-state index in [2.05, 4.69) is 17.0 Å². The van der Waals surface area contributed by atoms with Gasteiger partial charge in [-0.3, -0.25) is 4.57 Å². The van der Waals surface area contributed by atoms with Gasteiger partial charge in [-0.2, -0.15) is 5.10 Å². The number of para-hydroxylation sites is 1. The summed E-state index contributed by atoms with van der Waals surface area (Å²) >= 11 is 6.35. The highest BCUT2D eigenvalue weighted by Crippen LogP contribution is 2.31. The van der Waals surface area contributed by atoms with Crippen molar-refractivity contribution < 1.29 is 0 Å². The van der Waals surface area contributed by atoms with Crippen LogP contribution in [-0.2, 0) is 13.5 Å². The average molecular weight is 290 g/mol. The van der Waals surface area contributed by atoms with Crippen LogP contribution in [0.15, 0.2) is 18.2 Å². The van der Waals surface area contributed by atoms with E-state index in [9.17, 15) is 0 Å². The lowest BCUT2D eigenvalue weighted by Gasteiger charge is -2.12. The van der Waals surface area contributed by atoms with Crippen molar-refractivity contribution in [3.8, 4) is 5.69 Å². The predicted octanol–water partition coefficient (Wildman–Crippen LogP) is 2.87. The third-order valence-corrected chi connectivity index (χ3v) is 3.78. The van der Waals surface area contributed by atoms with Crippen molar-refractivity contribution in [3.05, 3.63) is 34.5 Å². The Morgan fingerprint density at radius 2 is 2.10 bits per heavy atom. The molecular weight excluding hydrogens is 274 g/mol. The number of anilines is 1. The molecule has 0 spiro atoms. The number of aryl methyl sites for hydroxylation is 3. The van der Waals surface area contributed by atoms with Crippen LogP contribution in [0.1, 0.15) is 18.2 Å². The maximum atomic E-state index is 6.35. The van der Waals surface area contributed by atoms with Crippen LogP contribution in [0.25, 0.3) is 16.9 Å². The summed E-state index contributed by atoms with van der Waals surface area (Å²) in [6.07, 6.45) is 0.815. The summed E-state index contributed by atoms with van der Waals surface area (Å²) in [7, 11) is 1.89. The van der Waals surface area contributed by atoms with Gasteiger partial charge in [0.25, 0.3) is 0 Å². The van der Waals surface area contributed by atoms with E-state index in [1.165, 1.54) is 0 Å². The summed E-state index contributed by atoms with van der Waals surface area (Å²) in [5.74, 6) is 0.430. The van der Waals surface area contributed by atoms with E-state index in [1.54, 1.807) is 4.68 Å². The molecule has 0 unspecified atom stereocenters. The molecule has 5 nitrogen and oxygen atoms in total. The smallest absolute Gasteiger partial charge is 0.207 e. The molecule has 0 aliphatic carbocycles. The average Bonchev–Trinajstić information content (AvgIpc) is 2.88. The van der Waals surface area contributed by atoms with Crippen LogP contribution in [0.3, 0.4) is 0 Å². The highest BCUT2D eigenvalue weighted by Gasteiger charge is 2.20. The summed E-state index contributed by atoms with van der Waals surface area (Å²) in [5.41, 5.74) is 10.7. The van der Waals surface area contributed by atoms with Gasteiger partial charge in [-0.25, -0.2) is 9.67 Å². The molecule has 3 rings (SSSR count). The highest BCUT2D eigenvalue weighted by atomic mass is 35.5. The van der Waals surface area contributed by atoms with E-state index in [-0.39, 0.29) is 0 Å². The number of halogens is 1. The molecular formula is C14H16ClN5. The number of hydrogen-bond acceptors (Lipinski definition) is 3. The monoisotopic (exact) mass is 289 g/mol. The molecule has 0 fully saturated rings. The number of fused-ring (bicyclic) bond motifs is 1. The molecule has 0 radical (unpaired) electrons. The molecule has 2 heterocycles. The summed E-state index contributed by atoms with van der Waals surface area (Å²) in [5, 5.41) is 5.14. The van der Waals surface area contributed by atoms with Gasteiger partial charge >= 0.3 is 0 Å². The molecule has 2 aromatic heterocycles. The molecule has 3 aromatic rings. The first-order chi connectivity index (χ1) is 9.54. The third-order valence-electron chi connectivity index (χ3n) is 3.48. The Morgan fingerprint density at radius 3 is 2.75 bits per heavy atom. The number of nitrogens with two attached hydrogens (primary N) is 1. The van der Waals surface area contributed by atoms with Crippen LogP contribution < -0.4 is 5.73 Å². The van der Waals surface area contributed by atoms with Crippen molar-refractivity contribution in [2.75, 3.05) is 5.73 Å². The number of aromatic nitrogens is 4. The van der Waals surface area contributed by atoms with Crippen LogP contribution in [-0.4, -0.2) is 19.3 Å². The second kappa shape index (κ2) is 4.52. The predicted molar refractivity (Wildman–Crippen MR) is 81.4 cm³/mol. The Balaban J connectivity index is 2.42. The molecule has 2 N–H and O–H groups in total. The molecule has 0 bridgehead atoms. The fraction of sp³-hybridized carbons (Fsp3) is 0.286. The standard InChI is InChI=1S/C14H16ClN5/c1-4-10-11-13(19(3)18-10)20(14(16)17-11)12-8(2)6-5-7-9(12)15/h5-7H,4H2,1-3H3,(H2,16,17). The van der Waals surface area contributed by atoms with Gasteiger partial charge in [-0.15, -0.1) is 0 Å². The second-order valence-corrected chi connectivity index (χ2v) is 5.21. The van der Waals surface area contributed by atoms with Gasteiger partial charge in [0.05, 0.1) is 16.4 Å². The Hall–Kier alpha value is -2.01. The largest absolute Gasteiger partial charge is 0.369 e. The zero-order chi connectivity index (χ0) is 14.4. The Bertz CT molecular complexity index is 779. The molecule has 0 aliphatic heterocycles. The van der Waals surface area contributed by atoms with Crippen LogP contribution in [0.4, 0.5) is 5.95 Å². The van der Waals surface area contributed by atoms with Gasteiger partial charge in [0, 0.05) is 7.05 Å². The third kappa shape index (κ3) is 1.70. The van der Waals surface area contributed by atoms with E-state index < -0.39 is 0 Å². The van der Waals surface area contributed by atoms with E-state index in [0.29, 0.717) is 11.0 Å². The van der Waals surface area contributed by atoms with E-state index in [0.717, 1.165) is 34.5 Å². The quantitative estimate of drug-likeness (QED) is 0.789. The summed E-state index contributed by atoms with van der Waals surface area (Å²) in [4.78, 5) is 4.46. The molecule has 6 heteroatoms. The summed E-state index contributed by atoms with van der Waals surface area (Å²) in [6.45, 7) is 4.06. The fourth-order valence-electron chi connectivity index (χ4n) is 2.56. The number of hydrogen-bond donors (Lipinski definition) is 1. The van der Waals surface area contributed by atoms with Gasteiger partial charge in [0.1, 0.15) is 5.52 Å². The highest BCUT2D eigenvalue weighted by molar-refractivity contribution is 6.32. The number of rotatable bonds is 2.